The van der Waals surface area contributed by atoms with Crippen LogP contribution in [0.2, 0.25) is 0 Å². The number of likely N-dealkylation sites (tertiary alicyclic amines) is 1. The molecule has 11 heteroatoms. The van der Waals surface area contributed by atoms with E-state index in [9.17, 15) is 19.5 Å². The summed E-state index contributed by atoms with van der Waals surface area (Å²) in [6.07, 6.45) is 4.89. The Morgan fingerprint density at radius 1 is 1.14 bits per heavy atom. The summed E-state index contributed by atoms with van der Waals surface area (Å²) < 4.78 is 19.2. The summed E-state index contributed by atoms with van der Waals surface area (Å²) in [5.74, 6) is -0.656. The van der Waals surface area contributed by atoms with Crippen LogP contribution in [0.5, 0.6) is 17.2 Å². The third-order valence-corrected chi connectivity index (χ3v) is 8.44. The molecule has 0 radical (unpaired) electrons. The normalized spacial score (nSPS) is 19.9. The van der Waals surface area contributed by atoms with Gasteiger partial charge in [-0.25, -0.2) is 0 Å². The lowest BCUT2D eigenvalue weighted by Crippen LogP contribution is -2.46. The van der Waals surface area contributed by atoms with Crippen LogP contribution >= 0.6 is 0 Å². The van der Waals surface area contributed by atoms with Crippen molar-refractivity contribution >= 4 is 11.9 Å². The van der Waals surface area contributed by atoms with Gasteiger partial charge in [-0.2, -0.15) is 0 Å². The van der Waals surface area contributed by atoms with Crippen LogP contribution in [0.1, 0.15) is 44.1 Å². The van der Waals surface area contributed by atoms with Gasteiger partial charge >= 0.3 is 5.97 Å². The van der Waals surface area contributed by atoms with E-state index in [1.54, 1.807) is 30.0 Å². The molecule has 1 aromatic carbocycles. The number of benzene rings is 1. The van der Waals surface area contributed by atoms with Gasteiger partial charge in [0.1, 0.15) is 0 Å². The van der Waals surface area contributed by atoms with Crippen molar-refractivity contribution in [3.63, 3.8) is 0 Å². The second-order valence-corrected chi connectivity index (χ2v) is 12.5. The number of quaternary nitrogens is 1. The van der Waals surface area contributed by atoms with Crippen molar-refractivity contribution in [1.29, 1.82) is 0 Å². The Hall–Kier alpha value is -3.57. The summed E-state index contributed by atoms with van der Waals surface area (Å²) in [4.78, 5) is 43.2. The minimum Gasteiger partial charge on any atom is -0.493 e. The molecule has 2 aliphatic rings. The quantitative estimate of drug-likeness (QED) is 0.311. The van der Waals surface area contributed by atoms with E-state index in [1.807, 2.05) is 21.9 Å². The maximum Gasteiger partial charge on any atom is 0.308 e. The van der Waals surface area contributed by atoms with Crippen LogP contribution in [0.25, 0.3) is 0 Å². The maximum absolute atomic E-state index is 13.8. The first-order chi connectivity index (χ1) is 20.5. The van der Waals surface area contributed by atoms with E-state index < -0.39 is 23.8 Å². The lowest BCUT2D eigenvalue weighted by Gasteiger charge is -2.31. The van der Waals surface area contributed by atoms with E-state index in [0.717, 1.165) is 35.9 Å². The van der Waals surface area contributed by atoms with Crippen molar-refractivity contribution in [3.8, 4) is 17.2 Å². The fourth-order valence-electron chi connectivity index (χ4n) is 6.19. The van der Waals surface area contributed by atoms with Crippen molar-refractivity contribution in [2.75, 3.05) is 67.8 Å². The summed E-state index contributed by atoms with van der Waals surface area (Å²) in [6, 6.07) is 8.15. The van der Waals surface area contributed by atoms with Gasteiger partial charge in [0, 0.05) is 56.8 Å². The molecule has 1 unspecified atom stereocenters. The minimum atomic E-state index is -0.937. The molecule has 4 rings (SSSR count). The van der Waals surface area contributed by atoms with Gasteiger partial charge in [-0.05, 0) is 36.6 Å². The van der Waals surface area contributed by atoms with Crippen LogP contribution in [-0.4, -0.2) is 110 Å². The van der Waals surface area contributed by atoms with Gasteiger partial charge in [-0.1, -0.05) is 19.4 Å². The molecule has 1 aromatic heterocycles. The predicted octanol–water partition coefficient (Wildman–Crippen LogP) is 2.87. The highest BCUT2D eigenvalue weighted by atomic mass is 16.7. The van der Waals surface area contributed by atoms with Gasteiger partial charge < -0.3 is 33.3 Å². The fraction of sp³-hybridized carbons (Fsp3) is 0.594. The fourth-order valence-corrected chi connectivity index (χ4v) is 6.19. The molecule has 1 amide bonds. The molecule has 43 heavy (non-hydrogen) atoms. The second kappa shape index (κ2) is 14.3. The SMILES string of the molecule is CCCCN(CCC[N+](C)(C)C)C(=O)CN1C[C@H](c2cc(OC)c3c(c2)OCO3)C(C(=O)O)[C@@H]1CCn1ccccc1=O. The number of aromatic nitrogens is 1. The number of hydrogen-bond donors (Lipinski definition) is 1. The van der Waals surface area contributed by atoms with Gasteiger partial charge in [-0.3, -0.25) is 19.3 Å². The number of nitrogens with zero attached hydrogens (tertiary/aromatic N) is 4. The van der Waals surface area contributed by atoms with Crippen LogP contribution in [0, 0.1) is 5.92 Å². The Labute approximate surface area is 254 Å². The Morgan fingerprint density at radius 2 is 1.91 bits per heavy atom. The number of aliphatic carboxylic acids is 1. The van der Waals surface area contributed by atoms with Crippen LogP contribution in [0.4, 0.5) is 0 Å². The number of methoxy groups -OCH3 is 1. The summed E-state index contributed by atoms with van der Waals surface area (Å²) in [7, 11) is 7.96. The number of carbonyl (C=O) groups is 2. The lowest BCUT2D eigenvalue weighted by molar-refractivity contribution is -0.870. The summed E-state index contributed by atoms with van der Waals surface area (Å²) in [5, 5.41) is 10.6. The molecule has 0 spiro atoms. The molecule has 236 valence electrons. The van der Waals surface area contributed by atoms with Crippen molar-refractivity contribution in [2.45, 2.75) is 51.1 Å². The number of ether oxygens (including phenoxy) is 3. The predicted molar refractivity (Wildman–Crippen MR) is 163 cm³/mol. The van der Waals surface area contributed by atoms with Gasteiger partial charge in [-0.15, -0.1) is 0 Å². The van der Waals surface area contributed by atoms with Crippen LogP contribution in [0.15, 0.2) is 41.3 Å². The van der Waals surface area contributed by atoms with E-state index in [1.165, 1.54) is 6.07 Å². The first kappa shape index (κ1) is 32.3. The minimum absolute atomic E-state index is 0.00444. The molecule has 1 fully saturated rings. The number of carboxylic acids is 1. The molecule has 3 heterocycles. The number of carbonyl (C=O) groups excluding carboxylic acids is 1. The van der Waals surface area contributed by atoms with E-state index in [4.69, 9.17) is 14.2 Å². The average molecular weight is 600 g/mol. The molecule has 0 bridgehead atoms. The van der Waals surface area contributed by atoms with Crippen LogP contribution < -0.4 is 19.8 Å². The molecule has 0 saturated carbocycles. The first-order valence-electron chi connectivity index (χ1n) is 15.2. The number of amides is 1. The topological polar surface area (TPSA) is 111 Å². The third-order valence-electron chi connectivity index (χ3n) is 8.44. The van der Waals surface area contributed by atoms with E-state index in [-0.39, 0.29) is 24.8 Å². The number of fused-ring (bicyclic) bond motifs is 1. The zero-order valence-electron chi connectivity index (χ0n) is 26.2. The Balaban J connectivity index is 1.63. The summed E-state index contributed by atoms with van der Waals surface area (Å²) in [5.41, 5.74) is 0.617. The van der Waals surface area contributed by atoms with Crippen molar-refractivity contribution in [3.05, 3.63) is 52.4 Å². The number of hydrogen-bond acceptors (Lipinski definition) is 7. The molecular weight excluding hydrogens is 552 g/mol. The largest absolute Gasteiger partial charge is 0.493 e. The van der Waals surface area contributed by atoms with Gasteiger partial charge in [0.05, 0.1) is 47.3 Å². The first-order valence-corrected chi connectivity index (χ1v) is 15.2. The van der Waals surface area contributed by atoms with Gasteiger partial charge in [0.2, 0.25) is 24.0 Å². The lowest BCUT2D eigenvalue weighted by atomic mass is 9.84. The number of rotatable bonds is 15. The third kappa shape index (κ3) is 8.08. The number of carboxylic acid groups (broad SMARTS) is 1. The van der Waals surface area contributed by atoms with Gasteiger partial charge in [0.25, 0.3) is 0 Å². The van der Waals surface area contributed by atoms with Crippen LogP contribution in [-0.2, 0) is 16.1 Å². The molecule has 0 aliphatic carbocycles. The second-order valence-electron chi connectivity index (χ2n) is 12.5. The average Bonchev–Trinajstić information content (AvgIpc) is 3.58. The number of pyridine rings is 1. The standard InChI is InChI=1S/C32H46N4O7/c1-6-7-13-33(15-10-17-36(2,3)4)29(38)21-35-20-24(23-18-26(41-5)31-27(19-23)42-22-43-31)30(32(39)40)25(35)12-16-34-14-9-8-11-28(34)37/h8-9,11,14,18-19,24-25,30H,6-7,10,12-13,15-17,20-22H2,1-5H3/p+1/t24-,25+,30?/m1/s1. The highest BCUT2D eigenvalue weighted by molar-refractivity contribution is 5.79. The molecule has 1 N–H and O–H groups in total. The highest BCUT2D eigenvalue weighted by Gasteiger charge is 2.47. The molecule has 2 aromatic rings. The summed E-state index contributed by atoms with van der Waals surface area (Å²) >= 11 is 0. The van der Waals surface area contributed by atoms with E-state index >= 15 is 0 Å². The smallest absolute Gasteiger partial charge is 0.308 e. The Morgan fingerprint density at radius 3 is 2.58 bits per heavy atom. The van der Waals surface area contributed by atoms with Crippen LogP contribution in [0.3, 0.4) is 0 Å². The van der Waals surface area contributed by atoms with Crippen molar-refractivity contribution in [2.24, 2.45) is 5.92 Å². The highest BCUT2D eigenvalue weighted by Crippen LogP contribution is 2.47. The van der Waals surface area contributed by atoms with Crippen molar-refractivity contribution in [1.82, 2.24) is 14.4 Å². The molecule has 1 saturated heterocycles. The Kier molecular flexibility index (Phi) is 10.7. The zero-order chi connectivity index (χ0) is 31.1. The summed E-state index contributed by atoms with van der Waals surface area (Å²) in [6.45, 7) is 5.30. The molecular formula is C32H47N4O7+. The Bertz CT molecular complexity index is 1320. The molecule has 2 aliphatic heterocycles. The zero-order valence-corrected chi connectivity index (χ0v) is 26.2. The van der Waals surface area contributed by atoms with E-state index in [0.29, 0.717) is 49.8 Å². The maximum atomic E-state index is 13.8. The molecule has 11 nitrogen and oxygen atoms in total. The number of aryl methyl sites for hydroxylation is 1. The van der Waals surface area contributed by atoms with Gasteiger partial charge in [0.15, 0.2) is 11.5 Å². The monoisotopic (exact) mass is 599 g/mol. The van der Waals surface area contributed by atoms with E-state index in [2.05, 4.69) is 28.1 Å². The number of unbranched alkanes of at least 4 members (excludes halogenated alkanes) is 1. The van der Waals surface area contributed by atoms with Crippen molar-refractivity contribution < 1.29 is 33.4 Å². The molecule has 3 atom stereocenters.